The van der Waals surface area contributed by atoms with Crippen molar-refractivity contribution in [1.82, 2.24) is 34.8 Å². The first kappa shape index (κ1) is 17.2. The van der Waals surface area contributed by atoms with Crippen LogP contribution in [0.2, 0.25) is 0 Å². The van der Waals surface area contributed by atoms with Gasteiger partial charge >= 0.3 is 0 Å². The number of guanidine groups is 1. The molecule has 122 valence electrons. The van der Waals surface area contributed by atoms with Gasteiger partial charge in [0.05, 0.1) is 12.9 Å². The summed E-state index contributed by atoms with van der Waals surface area (Å²) >= 11 is 0. The molecule has 0 radical (unpaired) electrons. The highest BCUT2D eigenvalue weighted by Gasteiger charge is 2.05. The molecule has 0 fully saturated rings. The molecule has 0 amide bonds. The van der Waals surface area contributed by atoms with Crippen LogP contribution in [-0.4, -0.2) is 43.7 Å². The largest absolute Gasteiger partial charge is 0.355 e. The molecule has 0 aliphatic heterocycles. The second-order valence-corrected chi connectivity index (χ2v) is 4.70. The second-order valence-electron chi connectivity index (χ2n) is 4.70. The van der Waals surface area contributed by atoms with Crippen molar-refractivity contribution < 1.29 is 0 Å². The molecule has 23 heavy (non-hydrogen) atoms. The van der Waals surface area contributed by atoms with E-state index in [4.69, 9.17) is 0 Å². The Morgan fingerprint density at radius 1 is 1.22 bits per heavy atom. The van der Waals surface area contributed by atoms with Gasteiger partial charge in [-0.05, 0) is 12.1 Å². The van der Waals surface area contributed by atoms with Gasteiger partial charge in [0.15, 0.2) is 17.4 Å². The number of pyridine rings is 1. The molecule has 9 heteroatoms. The topological polar surface area (TPSA) is 84.4 Å². The van der Waals surface area contributed by atoms with Gasteiger partial charge in [0.1, 0.15) is 0 Å². The van der Waals surface area contributed by atoms with E-state index in [0.29, 0.717) is 6.54 Å². The molecule has 0 aliphatic rings. The zero-order valence-corrected chi connectivity index (χ0v) is 15.1. The molecule has 0 saturated carbocycles. The molecule has 3 heterocycles. The molecule has 3 aromatic rings. The molecule has 0 atom stereocenters. The quantitative estimate of drug-likeness (QED) is 0.360. The standard InChI is InChI=1S/C14H18N8.HI/c1-15-14(17-6-9-21-8-5-16-11-21)18-10-13-20-19-12-4-2-3-7-22(12)13;/h2-5,7-8,11H,6,9-10H2,1H3,(H2,15,17,18);1H. The minimum absolute atomic E-state index is 0. The highest BCUT2D eigenvalue weighted by atomic mass is 127. The van der Waals surface area contributed by atoms with E-state index >= 15 is 0 Å². The molecule has 0 unspecified atom stereocenters. The van der Waals surface area contributed by atoms with Crippen LogP contribution in [0, 0.1) is 0 Å². The lowest BCUT2D eigenvalue weighted by molar-refractivity contribution is 0.658. The Bertz CT molecular complexity index is 749. The van der Waals surface area contributed by atoms with Crippen LogP contribution in [-0.2, 0) is 13.1 Å². The minimum Gasteiger partial charge on any atom is -0.355 e. The van der Waals surface area contributed by atoms with Gasteiger partial charge < -0.3 is 15.2 Å². The SMILES string of the molecule is CN=C(NCCn1ccnc1)NCc1nnc2ccccn12.I. The fourth-order valence-corrected chi connectivity index (χ4v) is 2.12. The van der Waals surface area contributed by atoms with Crippen LogP contribution in [0.5, 0.6) is 0 Å². The summed E-state index contributed by atoms with van der Waals surface area (Å²) in [7, 11) is 1.74. The van der Waals surface area contributed by atoms with Crippen molar-refractivity contribution in [3.8, 4) is 0 Å². The average molecular weight is 426 g/mol. The molecule has 8 nitrogen and oxygen atoms in total. The molecule has 0 aromatic carbocycles. The lowest BCUT2D eigenvalue weighted by atomic mass is 10.4. The van der Waals surface area contributed by atoms with E-state index in [-0.39, 0.29) is 24.0 Å². The maximum atomic E-state index is 4.20. The van der Waals surface area contributed by atoms with Gasteiger partial charge in [-0.1, -0.05) is 6.07 Å². The van der Waals surface area contributed by atoms with Crippen molar-refractivity contribution >= 4 is 35.6 Å². The van der Waals surface area contributed by atoms with Gasteiger partial charge in [0.25, 0.3) is 0 Å². The number of nitrogens with one attached hydrogen (secondary N) is 2. The van der Waals surface area contributed by atoms with Crippen LogP contribution in [0.3, 0.4) is 0 Å². The highest BCUT2D eigenvalue weighted by molar-refractivity contribution is 14.0. The Labute approximate surface area is 151 Å². The van der Waals surface area contributed by atoms with Crippen molar-refractivity contribution in [2.45, 2.75) is 13.1 Å². The van der Waals surface area contributed by atoms with Crippen molar-refractivity contribution in [2.24, 2.45) is 4.99 Å². The minimum atomic E-state index is 0. The van der Waals surface area contributed by atoms with Gasteiger partial charge in [-0.25, -0.2) is 4.98 Å². The first-order valence-corrected chi connectivity index (χ1v) is 7.06. The molecule has 0 spiro atoms. The van der Waals surface area contributed by atoms with Crippen LogP contribution >= 0.6 is 24.0 Å². The van der Waals surface area contributed by atoms with Crippen LogP contribution in [0.4, 0.5) is 0 Å². The van der Waals surface area contributed by atoms with Crippen molar-refractivity contribution in [3.63, 3.8) is 0 Å². The van der Waals surface area contributed by atoms with Gasteiger partial charge in [-0.2, -0.15) is 0 Å². The number of hydrogen-bond donors (Lipinski definition) is 2. The number of nitrogens with zero attached hydrogens (tertiary/aromatic N) is 6. The van der Waals surface area contributed by atoms with E-state index in [2.05, 4.69) is 30.8 Å². The van der Waals surface area contributed by atoms with Gasteiger partial charge in [0, 0.05) is 38.7 Å². The number of imidazole rings is 1. The number of hydrogen-bond acceptors (Lipinski definition) is 4. The maximum Gasteiger partial charge on any atom is 0.191 e. The number of rotatable bonds is 5. The van der Waals surface area contributed by atoms with Crippen molar-refractivity contribution in [3.05, 3.63) is 48.9 Å². The van der Waals surface area contributed by atoms with E-state index < -0.39 is 0 Å². The zero-order valence-electron chi connectivity index (χ0n) is 12.8. The van der Waals surface area contributed by atoms with E-state index in [1.54, 1.807) is 19.6 Å². The summed E-state index contributed by atoms with van der Waals surface area (Å²) in [5.41, 5.74) is 0.836. The zero-order chi connectivity index (χ0) is 15.2. The van der Waals surface area contributed by atoms with E-state index in [9.17, 15) is 0 Å². The Balaban J connectivity index is 0.00000192. The summed E-state index contributed by atoms with van der Waals surface area (Å²) in [6, 6.07) is 5.82. The molecule has 0 aliphatic carbocycles. The Kier molecular flexibility index (Phi) is 6.32. The lowest BCUT2D eigenvalue weighted by Gasteiger charge is -2.11. The molecule has 0 bridgehead atoms. The normalized spacial score (nSPS) is 11.3. The summed E-state index contributed by atoms with van der Waals surface area (Å²) in [5, 5.41) is 14.8. The highest BCUT2D eigenvalue weighted by Crippen LogP contribution is 2.02. The van der Waals surface area contributed by atoms with Crippen LogP contribution in [0.15, 0.2) is 48.1 Å². The molecule has 0 saturated heterocycles. The van der Waals surface area contributed by atoms with Crippen LogP contribution in [0.25, 0.3) is 5.65 Å². The third-order valence-electron chi connectivity index (χ3n) is 3.24. The molecule has 3 rings (SSSR count). The fourth-order valence-electron chi connectivity index (χ4n) is 2.12. The Hall–Kier alpha value is -2.17. The summed E-state index contributed by atoms with van der Waals surface area (Å²) < 4.78 is 3.96. The summed E-state index contributed by atoms with van der Waals surface area (Å²) in [6.45, 7) is 2.14. The number of fused-ring (bicyclic) bond motifs is 1. The lowest BCUT2D eigenvalue weighted by Crippen LogP contribution is -2.38. The van der Waals surface area contributed by atoms with Crippen LogP contribution in [0.1, 0.15) is 5.82 Å². The first-order valence-electron chi connectivity index (χ1n) is 7.06. The predicted octanol–water partition coefficient (Wildman–Crippen LogP) is 0.909. The number of halogens is 1. The van der Waals surface area contributed by atoms with Crippen LogP contribution < -0.4 is 10.6 Å². The molecular formula is C14H19IN8. The summed E-state index contributed by atoms with van der Waals surface area (Å²) in [6.07, 6.45) is 7.44. The third-order valence-corrected chi connectivity index (χ3v) is 3.24. The molecular weight excluding hydrogens is 407 g/mol. The van der Waals surface area contributed by atoms with E-state index in [1.165, 1.54) is 0 Å². The molecule has 2 N–H and O–H groups in total. The molecule has 3 aromatic heterocycles. The monoisotopic (exact) mass is 426 g/mol. The summed E-state index contributed by atoms with van der Waals surface area (Å²) in [5.74, 6) is 1.57. The van der Waals surface area contributed by atoms with Gasteiger partial charge in [0.2, 0.25) is 0 Å². The van der Waals surface area contributed by atoms with E-state index in [1.807, 2.05) is 39.6 Å². The summed E-state index contributed by atoms with van der Waals surface area (Å²) in [4.78, 5) is 8.21. The first-order chi connectivity index (χ1) is 10.9. The van der Waals surface area contributed by atoms with E-state index in [0.717, 1.165) is 30.5 Å². The maximum absolute atomic E-state index is 4.20. The Morgan fingerprint density at radius 3 is 2.91 bits per heavy atom. The second kappa shape index (κ2) is 8.46. The van der Waals surface area contributed by atoms with Crippen molar-refractivity contribution in [2.75, 3.05) is 13.6 Å². The smallest absolute Gasteiger partial charge is 0.191 e. The average Bonchev–Trinajstić information content (AvgIpc) is 3.20. The number of aliphatic imine (C=N–C) groups is 1. The fraction of sp³-hybridized carbons (Fsp3) is 0.286. The number of aromatic nitrogens is 5. The van der Waals surface area contributed by atoms with Crippen molar-refractivity contribution in [1.29, 1.82) is 0 Å². The van der Waals surface area contributed by atoms with Gasteiger partial charge in [-0.3, -0.25) is 9.39 Å². The van der Waals surface area contributed by atoms with Gasteiger partial charge in [-0.15, -0.1) is 34.2 Å². The third kappa shape index (κ3) is 4.41. The predicted molar refractivity (Wildman–Crippen MR) is 98.8 cm³/mol. The Morgan fingerprint density at radius 2 is 2.13 bits per heavy atom.